The molecule has 0 radical (unpaired) electrons. The van der Waals surface area contributed by atoms with E-state index in [1.165, 1.54) is 0 Å². The Kier molecular flexibility index (Phi) is 6.55. The van der Waals surface area contributed by atoms with E-state index in [0.717, 1.165) is 12.8 Å². The van der Waals surface area contributed by atoms with E-state index in [2.05, 4.69) is 5.43 Å². The van der Waals surface area contributed by atoms with Crippen molar-refractivity contribution in [2.75, 3.05) is 20.6 Å². The molecule has 0 aliphatic heterocycles. The molecule has 3 N–H and O–H groups in total. The van der Waals surface area contributed by atoms with E-state index >= 15 is 0 Å². The van der Waals surface area contributed by atoms with Gasteiger partial charge in [0.2, 0.25) is 0 Å². The molecule has 0 fully saturated rings. The number of carbonyl (C=O) groups is 1. The zero-order valence-electron chi connectivity index (χ0n) is 10.7. The first-order valence-electron chi connectivity index (χ1n) is 5.79. The zero-order chi connectivity index (χ0) is 12.8. The first kappa shape index (κ1) is 15.3. The molecule has 96 valence electrons. The number of hydrogen-bond acceptors (Lipinski definition) is 3. The minimum atomic E-state index is -0.952. The molecule has 0 rings (SSSR count). The van der Waals surface area contributed by atoms with Gasteiger partial charge < -0.3 is 10.2 Å². The Morgan fingerprint density at radius 2 is 1.94 bits per heavy atom. The Morgan fingerprint density at radius 1 is 1.38 bits per heavy atom. The molecule has 5 heteroatoms. The van der Waals surface area contributed by atoms with Crippen molar-refractivity contribution in [3.8, 4) is 0 Å². The molecule has 0 spiro atoms. The summed E-state index contributed by atoms with van der Waals surface area (Å²) < 4.78 is 0.166. The summed E-state index contributed by atoms with van der Waals surface area (Å²) in [5.74, 6) is -0.376. The lowest BCUT2D eigenvalue weighted by molar-refractivity contribution is -0.927. The van der Waals surface area contributed by atoms with Gasteiger partial charge in [0.15, 0.2) is 0 Å². The van der Waals surface area contributed by atoms with Crippen molar-refractivity contribution < 1.29 is 19.6 Å². The summed E-state index contributed by atoms with van der Waals surface area (Å²) in [7, 11) is 3.55. The van der Waals surface area contributed by atoms with Gasteiger partial charge in [0.25, 0.3) is 5.91 Å². The van der Waals surface area contributed by atoms with E-state index in [1.54, 1.807) is 21.0 Å². The summed E-state index contributed by atoms with van der Waals surface area (Å²) in [5, 5.41) is 18.8. The Labute approximate surface area is 97.6 Å². The number of aliphatic hydroxyl groups is 2. The number of nitrogens with zero attached hydrogens (tertiary/aromatic N) is 1. The quantitative estimate of drug-likeness (QED) is 0.429. The maximum Gasteiger partial charge on any atom is 0.293 e. The van der Waals surface area contributed by atoms with Crippen LogP contribution in [0.15, 0.2) is 0 Å². The highest BCUT2D eigenvalue weighted by Crippen LogP contribution is 2.02. The van der Waals surface area contributed by atoms with Gasteiger partial charge in [0.1, 0.15) is 18.8 Å². The number of aliphatic hydroxyl groups excluding tert-OH is 2. The molecule has 0 aromatic carbocycles. The molecular formula is C11H25N2O3+. The number of amides is 1. The molecule has 16 heavy (non-hydrogen) atoms. The first-order valence-corrected chi connectivity index (χ1v) is 5.79. The van der Waals surface area contributed by atoms with E-state index in [0.29, 0.717) is 13.0 Å². The third-order valence-electron chi connectivity index (χ3n) is 2.27. The molecule has 2 atom stereocenters. The second-order valence-corrected chi connectivity index (χ2v) is 4.85. The van der Waals surface area contributed by atoms with Crippen LogP contribution in [0, 0.1) is 0 Å². The molecule has 0 aromatic heterocycles. The van der Waals surface area contributed by atoms with Crippen molar-refractivity contribution in [1.82, 2.24) is 5.43 Å². The summed E-state index contributed by atoms with van der Waals surface area (Å²) in [5.41, 5.74) is 2.68. The number of hydrogen-bond donors (Lipinski definition) is 3. The van der Waals surface area contributed by atoms with Gasteiger partial charge in [0, 0.05) is 0 Å². The summed E-state index contributed by atoms with van der Waals surface area (Å²) >= 11 is 0. The second kappa shape index (κ2) is 6.83. The van der Waals surface area contributed by atoms with Gasteiger partial charge in [-0.25, -0.2) is 4.59 Å². The molecule has 1 amide bonds. The molecule has 0 saturated carbocycles. The number of rotatable bonds is 7. The molecule has 5 nitrogen and oxygen atoms in total. The largest absolute Gasteiger partial charge is 0.387 e. The van der Waals surface area contributed by atoms with Gasteiger partial charge in [-0.1, -0.05) is 19.8 Å². The highest BCUT2D eigenvalue weighted by atomic mass is 16.3. The molecule has 0 aromatic rings. The van der Waals surface area contributed by atoms with Crippen molar-refractivity contribution in [2.24, 2.45) is 0 Å². The van der Waals surface area contributed by atoms with Gasteiger partial charge in [-0.3, -0.25) is 4.79 Å². The van der Waals surface area contributed by atoms with Crippen LogP contribution in [0.25, 0.3) is 0 Å². The molecule has 0 aliphatic carbocycles. The Morgan fingerprint density at radius 3 is 2.38 bits per heavy atom. The van der Waals surface area contributed by atoms with Crippen molar-refractivity contribution in [1.29, 1.82) is 0 Å². The smallest absolute Gasteiger partial charge is 0.293 e. The van der Waals surface area contributed by atoms with Gasteiger partial charge in [-0.05, 0) is 13.3 Å². The minimum absolute atomic E-state index is 0.166. The first-order chi connectivity index (χ1) is 7.28. The highest BCUT2D eigenvalue weighted by Gasteiger charge is 2.25. The maximum absolute atomic E-state index is 11.6. The van der Waals surface area contributed by atoms with E-state index in [9.17, 15) is 15.0 Å². The maximum atomic E-state index is 11.6. The molecule has 0 aliphatic rings. The Hall–Kier alpha value is -0.650. The van der Waals surface area contributed by atoms with Crippen LogP contribution in [0.3, 0.4) is 0 Å². The number of likely N-dealkylation sites (N-methyl/N-ethyl adjacent to an activating group) is 1. The van der Waals surface area contributed by atoms with Crippen LogP contribution in [0.2, 0.25) is 0 Å². The summed E-state index contributed by atoms with van der Waals surface area (Å²) in [6.45, 7) is 4.09. The number of nitrogens with one attached hydrogen (secondary N) is 1. The van der Waals surface area contributed by atoms with Crippen LogP contribution in [0.5, 0.6) is 0 Å². The summed E-state index contributed by atoms with van der Waals surface area (Å²) in [4.78, 5) is 11.6. The zero-order valence-corrected chi connectivity index (χ0v) is 10.7. The standard InChI is InChI=1S/C11H24N2O3/c1-5-6-7-10(15)11(16)12-13(3,4)8-9(2)14/h9-10,14-15H,5-8H2,1-4H3/p+1. The third-order valence-corrected chi connectivity index (χ3v) is 2.27. The highest BCUT2D eigenvalue weighted by molar-refractivity contribution is 5.79. The van der Waals surface area contributed by atoms with Crippen LogP contribution in [0.4, 0.5) is 0 Å². The molecular weight excluding hydrogens is 208 g/mol. The monoisotopic (exact) mass is 233 g/mol. The molecule has 2 unspecified atom stereocenters. The molecule has 0 heterocycles. The predicted octanol–water partition coefficient (Wildman–Crippen LogP) is 0.0259. The average Bonchev–Trinajstić information content (AvgIpc) is 2.10. The SMILES string of the molecule is CCCCC(O)C(=O)N[N+](C)(C)CC(C)O. The number of quaternary nitrogens is 1. The van der Waals surface area contributed by atoms with Crippen molar-refractivity contribution >= 4 is 5.91 Å². The summed E-state index contributed by atoms with van der Waals surface area (Å²) in [6, 6.07) is 0. The van der Waals surface area contributed by atoms with E-state index in [4.69, 9.17) is 0 Å². The van der Waals surface area contributed by atoms with Crippen molar-refractivity contribution in [2.45, 2.75) is 45.3 Å². The van der Waals surface area contributed by atoms with Crippen molar-refractivity contribution in [3.63, 3.8) is 0 Å². The Bertz CT molecular complexity index is 217. The lowest BCUT2D eigenvalue weighted by Crippen LogP contribution is -2.59. The predicted molar refractivity (Wildman–Crippen MR) is 62.3 cm³/mol. The van der Waals surface area contributed by atoms with Crippen LogP contribution >= 0.6 is 0 Å². The summed E-state index contributed by atoms with van der Waals surface area (Å²) in [6.07, 6.45) is 0.820. The van der Waals surface area contributed by atoms with Crippen LogP contribution < -0.4 is 5.43 Å². The normalized spacial score (nSPS) is 15.6. The van der Waals surface area contributed by atoms with E-state index in [1.807, 2.05) is 6.92 Å². The van der Waals surface area contributed by atoms with Crippen molar-refractivity contribution in [3.05, 3.63) is 0 Å². The van der Waals surface area contributed by atoms with Gasteiger partial charge in [-0.15, -0.1) is 0 Å². The molecule has 0 saturated heterocycles. The Balaban J connectivity index is 4.10. The lowest BCUT2D eigenvalue weighted by atomic mass is 10.1. The fourth-order valence-corrected chi connectivity index (χ4v) is 1.61. The topological polar surface area (TPSA) is 69.6 Å². The minimum Gasteiger partial charge on any atom is -0.387 e. The van der Waals surface area contributed by atoms with Gasteiger partial charge >= 0.3 is 0 Å². The van der Waals surface area contributed by atoms with E-state index in [-0.39, 0.29) is 10.5 Å². The molecule has 0 bridgehead atoms. The fraction of sp³-hybridized carbons (Fsp3) is 0.909. The number of carbonyl (C=O) groups excluding carboxylic acids is 1. The third kappa shape index (κ3) is 6.76. The van der Waals surface area contributed by atoms with Gasteiger partial charge in [-0.2, -0.15) is 5.43 Å². The van der Waals surface area contributed by atoms with Crippen LogP contribution in [-0.4, -0.2) is 53.6 Å². The lowest BCUT2D eigenvalue weighted by Gasteiger charge is -2.30. The fourth-order valence-electron chi connectivity index (χ4n) is 1.61. The van der Waals surface area contributed by atoms with E-state index < -0.39 is 12.2 Å². The average molecular weight is 233 g/mol. The second-order valence-electron chi connectivity index (χ2n) is 4.85. The van der Waals surface area contributed by atoms with Gasteiger partial charge in [0.05, 0.1) is 14.1 Å². The van der Waals surface area contributed by atoms with Crippen LogP contribution in [0.1, 0.15) is 33.1 Å². The van der Waals surface area contributed by atoms with Crippen LogP contribution in [-0.2, 0) is 4.79 Å². The number of unbranched alkanes of at least 4 members (excludes halogenated alkanes) is 1.